The van der Waals surface area contributed by atoms with E-state index in [2.05, 4.69) is 5.32 Å². The van der Waals surface area contributed by atoms with Gasteiger partial charge >= 0.3 is 5.97 Å². The molecule has 5 heterocycles. The number of amides is 1. The van der Waals surface area contributed by atoms with Gasteiger partial charge < -0.3 is 140 Å². The van der Waals surface area contributed by atoms with E-state index in [1.165, 1.54) is 0 Å². The van der Waals surface area contributed by atoms with Crippen LogP contribution in [0.1, 0.15) is 13.3 Å². The Hall–Kier alpha value is -2.10. The van der Waals surface area contributed by atoms with Crippen molar-refractivity contribution in [1.29, 1.82) is 0 Å². The quantitative estimate of drug-likeness (QED) is 0.0643. The topological polar surface area (TPSA) is 499 Å². The van der Waals surface area contributed by atoms with E-state index in [9.17, 15) is 96.4 Å². The molecule has 20 N–H and O–H groups in total. The lowest BCUT2D eigenvalue weighted by Gasteiger charge is -2.50. The molecule has 5 aliphatic heterocycles. The van der Waals surface area contributed by atoms with Crippen molar-refractivity contribution in [1.82, 2.24) is 5.32 Å². The molecule has 30 heteroatoms. The van der Waals surface area contributed by atoms with Crippen LogP contribution in [0.2, 0.25) is 0 Å². The molecule has 1 amide bonds. The maximum atomic E-state index is 12.5. The normalized spacial score (nSPS) is 48.3. The standard InChI is InChI=1S/C35H60N2O28/c1-8(42)37-16-19(47)26(12(5-40)59-31(16)62-28-13(6-41)60-33(25(53)22(28)50)64-27-11(4-39)58-30(54)23(51)21(27)49)63-32-24(52)20(48)18(46)14(61-32)7-57-35(34(55)56)2-9(43)15(36)29(65-35)17(45)10(44)3-38/h9-33,38-41,43-54H,2-7,36H2,1H3,(H,37,42)(H,55,56)/t9-,10+,11+,12+,13+,14+,15+,16+,17+,18-,19+,20-,21+,22+,23+,24+,25+,26-,27+,28-,29+,30+,31-,32-,33-,35+/m0/s1. The number of carbonyl (C=O) groups is 2. The molecule has 26 atom stereocenters. The van der Waals surface area contributed by atoms with Crippen molar-refractivity contribution in [3.8, 4) is 0 Å². The average molecular weight is 957 g/mol. The number of hydrogen-bond acceptors (Lipinski definition) is 28. The van der Waals surface area contributed by atoms with Crippen molar-refractivity contribution in [2.24, 2.45) is 5.73 Å². The molecule has 0 aromatic carbocycles. The van der Waals surface area contributed by atoms with Crippen molar-refractivity contribution in [3.63, 3.8) is 0 Å². The molecule has 0 aromatic heterocycles. The van der Waals surface area contributed by atoms with Crippen molar-refractivity contribution < 1.29 is 139 Å². The second kappa shape index (κ2) is 22.5. The number of rotatable bonds is 17. The number of aliphatic hydroxyl groups excluding tert-OH is 16. The third-order valence-electron chi connectivity index (χ3n) is 11.8. The Morgan fingerprint density at radius 1 is 0.662 bits per heavy atom. The number of nitrogens with two attached hydrogens (primary N) is 1. The molecule has 30 nitrogen and oxygen atoms in total. The maximum absolute atomic E-state index is 12.5. The Labute approximate surface area is 367 Å². The first kappa shape index (κ1) is 53.8. The minimum absolute atomic E-state index is 0.840. The SMILES string of the molecule is CC(=O)N[C@H]1[C@H](O[C@@H]2[C@H](O)[C@@H](O)[C@H](O[C@H]3[C@H](O)[C@@H](O)[C@H](O)O[C@@H]3CO)O[C@@H]2CO)O[C@H](CO)[C@H](O[C@@H]2O[C@H](CO[C@]3(C(=O)O)C[C@H](O)[C@@H](N)[C@H]([C@H](O)[C@H](O)CO)O3)[C@H](O)[C@H](O)[C@H]2O)[C@@H]1O. The zero-order chi connectivity index (χ0) is 48.4. The van der Waals surface area contributed by atoms with Gasteiger partial charge in [0.2, 0.25) is 5.91 Å². The van der Waals surface area contributed by atoms with E-state index >= 15 is 0 Å². The predicted molar refractivity (Wildman–Crippen MR) is 197 cm³/mol. The van der Waals surface area contributed by atoms with Crippen LogP contribution < -0.4 is 11.1 Å². The van der Waals surface area contributed by atoms with E-state index in [1.807, 2.05) is 0 Å². The summed E-state index contributed by atoms with van der Waals surface area (Å²) in [6, 6.07) is -3.25. The van der Waals surface area contributed by atoms with Gasteiger partial charge in [0.15, 0.2) is 25.2 Å². The molecule has 0 aliphatic carbocycles. The van der Waals surface area contributed by atoms with Crippen LogP contribution in [-0.4, -0.2) is 291 Å². The second-order valence-corrected chi connectivity index (χ2v) is 16.2. The van der Waals surface area contributed by atoms with Gasteiger partial charge in [-0.15, -0.1) is 0 Å². The van der Waals surface area contributed by atoms with E-state index in [0.29, 0.717) is 0 Å². The van der Waals surface area contributed by atoms with E-state index in [-0.39, 0.29) is 0 Å². The molecule has 378 valence electrons. The Bertz CT molecular complexity index is 1540. The number of carboxylic acid groups (broad SMARTS) is 1. The summed E-state index contributed by atoms with van der Waals surface area (Å²) in [6.07, 6.45) is -44.9. The minimum atomic E-state index is -2.87. The van der Waals surface area contributed by atoms with Gasteiger partial charge in [-0.1, -0.05) is 0 Å². The van der Waals surface area contributed by atoms with E-state index in [4.69, 9.17) is 48.4 Å². The molecule has 5 rings (SSSR count). The van der Waals surface area contributed by atoms with Crippen molar-refractivity contribution in [2.75, 3.05) is 33.0 Å². The first-order valence-electron chi connectivity index (χ1n) is 20.3. The monoisotopic (exact) mass is 956 g/mol. The third-order valence-corrected chi connectivity index (χ3v) is 11.8. The summed E-state index contributed by atoms with van der Waals surface area (Å²) in [5.41, 5.74) is 5.87. The Morgan fingerprint density at radius 3 is 1.66 bits per heavy atom. The maximum Gasteiger partial charge on any atom is 0.364 e. The summed E-state index contributed by atoms with van der Waals surface area (Å²) < 4.78 is 50.1. The van der Waals surface area contributed by atoms with Gasteiger partial charge in [0.1, 0.15) is 116 Å². The Morgan fingerprint density at radius 2 is 1.14 bits per heavy atom. The molecule has 0 saturated carbocycles. The highest BCUT2D eigenvalue weighted by atomic mass is 16.8. The molecule has 0 unspecified atom stereocenters. The van der Waals surface area contributed by atoms with Gasteiger partial charge in [0, 0.05) is 13.3 Å². The molecule has 0 bridgehead atoms. The fraction of sp³-hybridized carbons (Fsp3) is 0.943. The van der Waals surface area contributed by atoms with Crippen molar-refractivity contribution in [3.05, 3.63) is 0 Å². The van der Waals surface area contributed by atoms with Crippen LogP contribution in [0.5, 0.6) is 0 Å². The highest BCUT2D eigenvalue weighted by Gasteiger charge is 2.58. The van der Waals surface area contributed by atoms with Crippen LogP contribution in [0.15, 0.2) is 0 Å². The number of carboxylic acids is 1. The Kier molecular flexibility index (Phi) is 18.7. The lowest BCUT2D eigenvalue weighted by Crippen LogP contribution is -2.70. The largest absolute Gasteiger partial charge is 0.477 e. The van der Waals surface area contributed by atoms with Crippen molar-refractivity contribution in [2.45, 2.75) is 172 Å². The highest BCUT2D eigenvalue weighted by molar-refractivity contribution is 5.76. The summed E-state index contributed by atoms with van der Waals surface area (Å²) in [7, 11) is 0. The van der Waals surface area contributed by atoms with Gasteiger partial charge in [-0.3, -0.25) is 4.79 Å². The average Bonchev–Trinajstić information content (AvgIpc) is 3.27. The van der Waals surface area contributed by atoms with E-state index in [0.717, 1.165) is 6.92 Å². The van der Waals surface area contributed by atoms with Gasteiger partial charge in [0.05, 0.1) is 45.2 Å². The fourth-order valence-electron chi connectivity index (χ4n) is 8.05. The molecule has 5 aliphatic rings. The smallest absolute Gasteiger partial charge is 0.364 e. The number of nitrogens with one attached hydrogen (secondary N) is 1. The van der Waals surface area contributed by atoms with Crippen LogP contribution in [0.4, 0.5) is 0 Å². The highest BCUT2D eigenvalue weighted by Crippen LogP contribution is 2.37. The fourth-order valence-corrected chi connectivity index (χ4v) is 8.05. The number of carbonyl (C=O) groups excluding carboxylic acids is 1. The Balaban J connectivity index is 1.31. The molecule has 0 aromatic rings. The third kappa shape index (κ3) is 11.3. The molecule has 5 fully saturated rings. The lowest BCUT2D eigenvalue weighted by molar-refractivity contribution is -0.380. The molecular formula is C35H60N2O28. The lowest BCUT2D eigenvalue weighted by atomic mass is 9.89. The number of aliphatic hydroxyl groups is 16. The van der Waals surface area contributed by atoms with Crippen LogP contribution in [0.3, 0.4) is 0 Å². The first-order valence-corrected chi connectivity index (χ1v) is 20.3. The van der Waals surface area contributed by atoms with Gasteiger partial charge in [-0.2, -0.15) is 0 Å². The number of hydrogen-bond donors (Lipinski definition) is 19. The summed E-state index contributed by atoms with van der Waals surface area (Å²) in [5, 5.41) is 180. The molecular weight excluding hydrogens is 896 g/mol. The predicted octanol–water partition coefficient (Wildman–Crippen LogP) is -12.6. The molecule has 65 heavy (non-hydrogen) atoms. The van der Waals surface area contributed by atoms with Gasteiger partial charge in [-0.25, -0.2) is 4.79 Å². The zero-order valence-electron chi connectivity index (χ0n) is 34.3. The summed E-state index contributed by atoms with van der Waals surface area (Å²) in [5.74, 6) is -5.61. The number of ether oxygens (including phenoxy) is 9. The van der Waals surface area contributed by atoms with Crippen LogP contribution in [0, 0.1) is 0 Å². The van der Waals surface area contributed by atoms with Crippen LogP contribution in [-0.2, 0) is 52.2 Å². The molecule has 5 saturated heterocycles. The second-order valence-electron chi connectivity index (χ2n) is 16.2. The zero-order valence-corrected chi connectivity index (χ0v) is 34.3. The van der Waals surface area contributed by atoms with E-state index in [1.54, 1.807) is 0 Å². The van der Waals surface area contributed by atoms with E-state index < -0.39 is 210 Å². The van der Waals surface area contributed by atoms with Gasteiger partial charge in [-0.05, 0) is 0 Å². The molecule has 0 spiro atoms. The first-order chi connectivity index (χ1) is 30.5. The van der Waals surface area contributed by atoms with Crippen LogP contribution in [0.25, 0.3) is 0 Å². The van der Waals surface area contributed by atoms with Crippen molar-refractivity contribution >= 4 is 11.9 Å². The summed E-state index contributed by atoms with van der Waals surface area (Å²) >= 11 is 0. The van der Waals surface area contributed by atoms with Crippen LogP contribution >= 0.6 is 0 Å². The molecule has 0 radical (unpaired) electrons. The summed E-state index contributed by atoms with van der Waals surface area (Å²) in [4.78, 5) is 24.9. The minimum Gasteiger partial charge on any atom is -0.477 e. The van der Waals surface area contributed by atoms with Gasteiger partial charge in [0.25, 0.3) is 5.79 Å². The number of aliphatic carboxylic acids is 1. The summed E-state index contributed by atoms with van der Waals surface area (Å²) in [6.45, 7) is -3.96.